The van der Waals surface area contributed by atoms with Gasteiger partial charge >= 0.3 is 0 Å². The van der Waals surface area contributed by atoms with Gasteiger partial charge in [-0.3, -0.25) is 4.79 Å². The van der Waals surface area contributed by atoms with Gasteiger partial charge in [0, 0.05) is 16.8 Å². The van der Waals surface area contributed by atoms with Crippen molar-refractivity contribution in [1.29, 1.82) is 5.26 Å². The number of nitrogens with zero attached hydrogens (tertiary/aromatic N) is 1. The molecule has 0 bridgehead atoms. The van der Waals surface area contributed by atoms with Gasteiger partial charge in [0.25, 0.3) is 5.56 Å². The number of aryl methyl sites for hydroxylation is 1. The van der Waals surface area contributed by atoms with E-state index in [4.69, 9.17) is 0 Å². The summed E-state index contributed by atoms with van der Waals surface area (Å²) in [4.78, 5) is 14.6. The second-order valence-corrected chi connectivity index (χ2v) is 5.70. The molecule has 0 saturated heterocycles. The molecule has 1 heterocycles. The van der Waals surface area contributed by atoms with Gasteiger partial charge in [0.1, 0.15) is 17.4 Å². The number of benzene rings is 2. The van der Waals surface area contributed by atoms with Gasteiger partial charge < -0.3 is 10.1 Å². The zero-order valence-corrected chi connectivity index (χ0v) is 13.2. The van der Waals surface area contributed by atoms with Crippen LogP contribution in [0.1, 0.15) is 22.4 Å². The Balaban J connectivity index is 2.11. The summed E-state index contributed by atoms with van der Waals surface area (Å²) in [6, 6.07) is 18.9. The van der Waals surface area contributed by atoms with Crippen LogP contribution in [-0.2, 0) is 6.42 Å². The van der Waals surface area contributed by atoms with E-state index in [2.05, 4.69) is 4.98 Å². The Labute approximate surface area is 139 Å². The van der Waals surface area contributed by atoms with Crippen LogP contribution >= 0.6 is 0 Å². The van der Waals surface area contributed by atoms with E-state index >= 15 is 0 Å². The van der Waals surface area contributed by atoms with Crippen molar-refractivity contribution in [1.82, 2.24) is 4.98 Å². The van der Waals surface area contributed by atoms with E-state index < -0.39 is 5.56 Å². The number of aromatic hydroxyl groups is 1. The molecular formula is C20H16N2O2. The van der Waals surface area contributed by atoms with Gasteiger partial charge in [0.15, 0.2) is 0 Å². The van der Waals surface area contributed by atoms with E-state index in [0.717, 1.165) is 11.1 Å². The molecule has 24 heavy (non-hydrogen) atoms. The standard InChI is InChI=1S/C20H16N2O2/c1-13-9-16(18(12-21)20(24)22-13)17-11-15(7-8-19(17)23)10-14-5-3-2-4-6-14/h2-9,11,23H,10H2,1H3,(H,22,24). The highest BCUT2D eigenvalue weighted by Crippen LogP contribution is 2.32. The molecule has 4 heteroatoms. The fourth-order valence-corrected chi connectivity index (χ4v) is 2.75. The summed E-state index contributed by atoms with van der Waals surface area (Å²) in [6.07, 6.45) is 0.707. The van der Waals surface area contributed by atoms with E-state index in [1.54, 1.807) is 19.1 Å². The Morgan fingerprint density at radius 3 is 2.50 bits per heavy atom. The largest absolute Gasteiger partial charge is 0.507 e. The zero-order valence-electron chi connectivity index (χ0n) is 13.2. The maximum absolute atomic E-state index is 12.0. The van der Waals surface area contributed by atoms with Crippen molar-refractivity contribution >= 4 is 0 Å². The molecule has 0 aliphatic carbocycles. The molecule has 2 aromatic carbocycles. The molecule has 3 aromatic rings. The fraction of sp³-hybridized carbons (Fsp3) is 0.100. The molecular weight excluding hydrogens is 300 g/mol. The number of aromatic amines is 1. The predicted molar refractivity (Wildman–Crippen MR) is 92.9 cm³/mol. The number of pyridine rings is 1. The number of hydrogen-bond donors (Lipinski definition) is 2. The third-order valence-electron chi connectivity index (χ3n) is 3.88. The van der Waals surface area contributed by atoms with Crippen molar-refractivity contribution in [2.45, 2.75) is 13.3 Å². The third-order valence-corrected chi connectivity index (χ3v) is 3.88. The summed E-state index contributed by atoms with van der Waals surface area (Å²) in [5.41, 5.74) is 3.29. The average Bonchev–Trinajstić information content (AvgIpc) is 2.57. The molecule has 2 N–H and O–H groups in total. The van der Waals surface area contributed by atoms with Crippen molar-refractivity contribution in [2.75, 3.05) is 0 Å². The van der Waals surface area contributed by atoms with Crippen LogP contribution < -0.4 is 5.56 Å². The van der Waals surface area contributed by atoms with Crippen molar-refractivity contribution in [3.63, 3.8) is 0 Å². The number of phenolic OH excluding ortho intramolecular Hbond substituents is 1. The van der Waals surface area contributed by atoms with Crippen LogP contribution in [0.15, 0.2) is 59.4 Å². The molecule has 0 fully saturated rings. The number of hydrogen-bond acceptors (Lipinski definition) is 3. The minimum atomic E-state index is -0.444. The number of rotatable bonds is 3. The van der Waals surface area contributed by atoms with E-state index in [-0.39, 0.29) is 11.3 Å². The van der Waals surface area contributed by atoms with E-state index in [1.807, 2.05) is 48.5 Å². The number of nitrogens with one attached hydrogen (secondary N) is 1. The van der Waals surface area contributed by atoms with Gasteiger partial charge in [0.05, 0.1) is 0 Å². The molecule has 118 valence electrons. The van der Waals surface area contributed by atoms with Gasteiger partial charge in [0.2, 0.25) is 0 Å². The molecule has 0 atom stereocenters. The summed E-state index contributed by atoms with van der Waals surface area (Å²) in [6.45, 7) is 1.75. The van der Waals surface area contributed by atoms with Crippen molar-refractivity contribution in [3.8, 4) is 22.9 Å². The van der Waals surface area contributed by atoms with E-state index in [1.165, 1.54) is 0 Å². The number of nitriles is 1. The molecule has 1 aromatic heterocycles. The van der Waals surface area contributed by atoms with Gasteiger partial charge in [-0.05, 0) is 42.7 Å². The van der Waals surface area contributed by atoms with Crippen LogP contribution in [0.2, 0.25) is 0 Å². The Hall–Kier alpha value is -3.32. The molecule has 0 radical (unpaired) electrons. The lowest BCUT2D eigenvalue weighted by atomic mass is 9.96. The second kappa shape index (κ2) is 6.43. The molecule has 0 spiro atoms. The topological polar surface area (TPSA) is 76.9 Å². The molecule has 0 unspecified atom stereocenters. The van der Waals surface area contributed by atoms with Crippen LogP contribution in [0.5, 0.6) is 5.75 Å². The van der Waals surface area contributed by atoms with Gasteiger partial charge in [-0.15, -0.1) is 0 Å². The highest BCUT2D eigenvalue weighted by atomic mass is 16.3. The lowest BCUT2D eigenvalue weighted by Gasteiger charge is -2.10. The van der Waals surface area contributed by atoms with Gasteiger partial charge in [-0.1, -0.05) is 36.4 Å². The zero-order chi connectivity index (χ0) is 17.1. The first-order valence-electron chi connectivity index (χ1n) is 7.58. The van der Waals surface area contributed by atoms with Crippen molar-refractivity contribution in [3.05, 3.63) is 87.3 Å². The Kier molecular flexibility index (Phi) is 4.17. The lowest BCUT2D eigenvalue weighted by Crippen LogP contribution is -2.12. The molecule has 4 nitrogen and oxygen atoms in total. The number of H-pyrrole nitrogens is 1. The van der Waals surface area contributed by atoms with Crippen LogP contribution in [0.3, 0.4) is 0 Å². The molecule has 0 saturated carbocycles. The highest BCUT2D eigenvalue weighted by molar-refractivity contribution is 5.76. The minimum Gasteiger partial charge on any atom is -0.507 e. The SMILES string of the molecule is Cc1cc(-c2cc(Cc3ccccc3)ccc2O)c(C#N)c(=O)[nH]1. The smallest absolute Gasteiger partial charge is 0.266 e. The maximum Gasteiger partial charge on any atom is 0.266 e. The fourth-order valence-electron chi connectivity index (χ4n) is 2.75. The van der Waals surface area contributed by atoms with Crippen molar-refractivity contribution < 1.29 is 5.11 Å². The summed E-state index contributed by atoms with van der Waals surface area (Å²) in [5.74, 6) is 0.0494. The summed E-state index contributed by atoms with van der Waals surface area (Å²) < 4.78 is 0. The maximum atomic E-state index is 12.0. The molecule has 0 amide bonds. The van der Waals surface area contributed by atoms with Gasteiger partial charge in [-0.2, -0.15) is 5.26 Å². The summed E-state index contributed by atoms with van der Waals surface area (Å²) in [5, 5.41) is 19.5. The molecule has 3 rings (SSSR count). The Morgan fingerprint density at radius 1 is 1.04 bits per heavy atom. The summed E-state index contributed by atoms with van der Waals surface area (Å²) >= 11 is 0. The number of aromatic nitrogens is 1. The van der Waals surface area contributed by atoms with E-state index in [9.17, 15) is 15.2 Å². The van der Waals surface area contributed by atoms with Gasteiger partial charge in [-0.25, -0.2) is 0 Å². The first kappa shape index (κ1) is 15.6. The Bertz CT molecular complexity index is 983. The summed E-state index contributed by atoms with van der Waals surface area (Å²) in [7, 11) is 0. The Morgan fingerprint density at radius 2 is 1.79 bits per heavy atom. The minimum absolute atomic E-state index is 0.00719. The van der Waals surface area contributed by atoms with Crippen LogP contribution in [0.4, 0.5) is 0 Å². The quantitative estimate of drug-likeness (QED) is 0.776. The highest BCUT2D eigenvalue weighted by Gasteiger charge is 2.14. The first-order chi connectivity index (χ1) is 11.6. The van der Waals surface area contributed by atoms with Crippen LogP contribution in [0.25, 0.3) is 11.1 Å². The lowest BCUT2D eigenvalue weighted by molar-refractivity contribution is 0.477. The number of phenols is 1. The monoisotopic (exact) mass is 316 g/mol. The third kappa shape index (κ3) is 3.06. The van der Waals surface area contributed by atoms with Crippen LogP contribution in [0, 0.1) is 18.3 Å². The molecule has 0 aliphatic rings. The van der Waals surface area contributed by atoms with Crippen LogP contribution in [-0.4, -0.2) is 10.1 Å². The first-order valence-corrected chi connectivity index (χ1v) is 7.58. The van der Waals surface area contributed by atoms with Crippen molar-refractivity contribution in [2.24, 2.45) is 0 Å². The second-order valence-electron chi connectivity index (χ2n) is 5.70. The van der Waals surface area contributed by atoms with E-state index in [0.29, 0.717) is 23.2 Å². The normalized spacial score (nSPS) is 10.3. The predicted octanol–water partition coefficient (Wildman–Crippen LogP) is 3.52. The molecule has 0 aliphatic heterocycles. The average molecular weight is 316 g/mol.